The Hall–Kier alpha value is -2.98. The summed E-state index contributed by atoms with van der Waals surface area (Å²) in [7, 11) is 1.93. The number of rotatable bonds is 10. The normalized spacial score (nSPS) is 17.6. The lowest BCUT2D eigenvalue weighted by Crippen LogP contribution is -2.22. The molecule has 0 unspecified atom stereocenters. The van der Waals surface area contributed by atoms with Crippen LogP contribution in [0.4, 0.5) is 10.2 Å². The van der Waals surface area contributed by atoms with Crippen molar-refractivity contribution in [1.82, 2.24) is 14.5 Å². The van der Waals surface area contributed by atoms with Gasteiger partial charge in [-0.3, -0.25) is 4.79 Å². The largest absolute Gasteiger partial charge is 0.496 e. The summed E-state index contributed by atoms with van der Waals surface area (Å²) in [5.74, 6) is 0.479. The lowest BCUT2D eigenvalue weighted by atomic mass is 10.1. The summed E-state index contributed by atoms with van der Waals surface area (Å²) >= 11 is 0. The first kappa shape index (κ1) is 24.2. The molecule has 0 saturated heterocycles. The minimum atomic E-state index is -1.23. The molecule has 0 spiro atoms. The van der Waals surface area contributed by atoms with E-state index < -0.39 is 20.2 Å². The Bertz CT molecular complexity index is 1170. The van der Waals surface area contributed by atoms with Gasteiger partial charge in [0.15, 0.2) is 0 Å². The Balaban J connectivity index is 1.72. The number of carbonyl (C=O) groups is 1. The molecule has 182 valence electrons. The highest BCUT2D eigenvalue weighted by Gasteiger charge is 2.43. The lowest BCUT2D eigenvalue weighted by molar-refractivity contribution is -0.117. The molecule has 34 heavy (non-hydrogen) atoms. The van der Waals surface area contributed by atoms with E-state index in [9.17, 15) is 9.18 Å². The van der Waals surface area contributed by atoms with Crippen LogP contribution in [0.25, 0.3) is 22.2 Å². The maximum Gasteiger partial charge on any atom is 0.231 e. The number of hydrogen-bond acceptors (Lipinski definition) is 6. The van der Waals surface area contributed by atoms with Crippen molar-refractivity contribution in [3.05, 3.63) is 30.6 Å². The second kappa shape index (κ2) is 9.71. The number of methoxy groups -OCH3 is 2. The number of ether oxygens (including phenoxy) is 3. The number of nitrogens with zero attached hydrogens (tertiary/aromatic N) is 3. The van der Waals surface area contributed by atoms with Crippen LogP contribution in [-0.4, -0.2) is 55.5 Å². The van der Waals surface area contributed by atoms with Gasteiger partial charge in [0.2, 0.25) is 11.8 Å². The SMILES string of the molecule is COc1ccnc(OC)c1-c1cn(COCC[Si](C)(C)C)c2nc(NC(=O)[C@@H]3C[C@@H]3F)ccc12. The molecule has 0 bridgehead atoms. The lowest BCUT2D eigenvalue weighted by Gasteiger charge is -2.15. The van der Waals surface area contributed by atoms with E-state index in [1.807, 2.05) is 16.8 Å². The molecule has 1 saturated carbocycles. The number of nitrogens with one attached hydrogen (secondary N) is 1. The first-order valence-corrected chi connectivity index (χ1v) is 15.0. The van der Waals surface area contributed by atoms with Gasteiger partial charge in [0.05, 0.1) is 25.7 Å². The summed E-state index contributed by atoms with van der Waals surface area (Å²) in [5, 5.41) is 3.56. The van der Waals surface area contributed by atoms with Crippen molar-refractivity contribution in [2.24, 2.45) is 5.92 Å². The Labute approximate surface area is 199 Å². The van der Waals surface area contributed by atoms with E-state index >= 15 is 0 Å². The van der Waals surface area contributed by atoms with Gasteiger partial charge in [-0.25, -0.2) is 14.4 Å². The third-order valence-corrected chi connectivity index (χ3v) is 7.51. The van der Waals surface area contributed by atoms with Crippen LogP contribution in [0.1, 0.15) is 6.42 Å². The van der Waals surface area contributed by atoms with E-state index in [4.69, 9.17) is 14.2 Å². The van der Waals surface area contributed by atoms with Crippen molar-refractivity contribution >= 4 is 30.8 Å². The van der Waals surface area contributed by atoms with E-state index in [1.165, 1.54) is 0 Å². The molecule has 10 heteroatoms. The first-order valence-electron chi connectivity index (χ1n) is 11.3. The summed E-state index contributed by atoms with van der Waals surface area (Å²) in [4.78, 5) is 21.3. The van der Waals surface area contributed by atoms with Gasteiger partial charge in [-0.15, -0.1) is 0 Å². The molecule has 1 fully saturated rings. The molecule has 1 amide bonds. The zero-order chi connectivity index (χ0) is 24.5. The molecule has 0 radical (unpaired) electrons. The summed E-state index contributed by atoms with van der Waals surface area (Å²) in [6.07, 6.45) is 2.75. The van der Waals surface area contributed by atoms with Crippen LogP contribution in [0.2, 0.25) is 25.7 Å². The average Bonchev–Trinajstić information content (AvgIpc) is 3.44. The maximum atomic E-state index is 13.3. The topological polar surface area (TPSA) is 87.5 Å². The van der Waals surface area contributed by atoms with E-state index in [1.54, 1.807) is 32.5 Å². The molecule has 3 aromatic heterocycles. The van der Waals surface area contributed by atoms with Crippen LogP contribution in [0.15, 0.2) is 30.6 Å². The van der Waals surface area contributed by atoms with Gasteiger partial charge in [0, 0.05) is 38.0 Å². The number of fused-ring (bicyclic) bond motifs is 1. The van der Waals surface area contributed by atoms with E-state index in [-0.39, 0.29) is 12.3 Å². The molecule has 8 nitrogen and oxygen atoms in total. The van der Waals surface area contributed by atoms with Crippen molar-refractivity contribution in [1.29, 1.82) is 0 Å². The van der Waals surface area contributed by atoms with Crippen LogP contribution < -0.4 is 14.8 Å². The highest BCUT2D eigenvalue weighted by atomic mass is 28.3. The van der Waals surface area contributed by atoms with Crippen molar-refractivity contribution in [2.45, 2.75) is 45.0 Å². The predicted molar refractivity (Wildman–Crippen MR) is 132 cm³/mol. The van der Waals surface area contributed by atoms with Crippen molar-refractivity contribution in [2.75, 3.05) is 26.1 Å². The molecular formula is C24H31FN4O4Si. The minimum Gasteiger partial charge on any atom is -0.496 e. The molecule has 3 aromatic rings. The zero-order valence-electron chi connectivity index (χ0n) is 20.2. The van der Waals surface area contributed by atoms with Gasteiger partial charge in [0.25, 0.3) is 0 Å². The number of carbonyl (C=O) groups excluding carboxylic acids is 1. The molecule has 0 aliphatic heterocycles. The van der Waals surface area contributed by atoms with Gasteiger partial charge >= 0.3 is 0 Å². The molecule has 2 atom stereocenters. The van der Waals surface area contributed by atoms with Gasteiger partial charge in [-0.2, -0.15) is 0 Å². The van der Waals surface area contributed by atoms with Crippen LogP contribution in [0, 0.1) is 5.92 Å². The summed E-state index contributed by atoms with van der Waals surface area (Å²) in [6.45, 7) is 7.86. The molecule has 4 rings (SSSR count). The zero-order valence-corrected chi connectivity index (χ0v) is 21.2. The molecule has 0 aromatic carbocycles. The maximum absolute atomic E-state index is 13.3. The second-order valence-corrected chi connectivity index (χ2v) is 15.3. The molecular weight excluding hydrogens is 455 g/mol. The fourth-order valence-corrected chi connectivity index (χ4v) is 4.48. The monoisotopic (exact) mass is 486 g/mol. The van der Waals surface area contributed by atoms with E-state index in [2.05, 4.69) is 34.9 Å². The highest BCUT2D eigenvalue weighted by molar-refractivity contribution is 6.76. The molecule has 1 N–H and O–H groups in total. The first-order chi connectivity index (χ1) is 16.2. The molecule has 1 aliphatic rings. The van der Waals surface area contributed by atoms with Gasteiger partial charge in [-0.05, 0) is 30.7 Å². The fourth-order valence-electron chi connectivity index (χ4n) is 3.73. The van der Waals surface area contributed by atoms with Crippen LogP contribution in [0.5, 0.6) is 11.6 Å². The van der Waals surface area contributed by atoms with Crippen molar-refractivity contribution in [3.63, 3.8) is 0 Å². The smallest absolute Gasteiger partial charge is 0.231 e. The number of halogens is 1. The highest BCUT2D eigenvalue weighted by Crippen LogP contribution is 2.41. The van der Waals surface area contributed by atoms with E-state index in [0.29, 0.717) is 42.0 Å². The summed E-state index contributed by atoms with van der Waals surface area (Å²) in [6, 6.07) is 6.41. The molecule has 1 aliphatic carbocycles. The Kier molecular flexibility index (Phi) is 6.90. The number of anilines is 1. The van der Waals surface area contributed by atoms with Crippen molar-refractivity contribution in [3.8, 4) is 22.8 Å². The number of amides is 1. The minimum absolute atomic E-state index is 0.264. The fraction of sp³-hybridized carbons (Fsp3) is 0.458. The van der Waals surface area contributed by atoms with Crippen molar-refractivity contribution < 1.29 is 23.4 Å². The predicted octanol–water partition coefficient (Wildman–Crippen LogP) is 4.72. The number of alkyl halides is 1. The summed E-state index contributed by atoms with van der Waals surface area (Å²) < 4.78 is 32.3. The Morgan fingerprint density at radius 1 is 1.24 bits per heavy atom. The van der Waals surface area contributed by atoms with Gasteiger partial charge in [0.1, 0.15) is 30.1 Å². The standard InChI is InChI=1S/C24H31FN4O4Si/c1-31-19-8-9-26-24(32-2)21(19)17-13-29(14-33-10-11-34(3,4)5)22-15(17)6-7-20(27-22)28-23(30)16-12-18(16)25/h6-9,13,16,18H,10-12,14H2,1-5H3,(H,27,28,30)/t16-,18+/m1/s1. The third-order valence-electron chi connectivity index (χ3n) is 5.81. The quantitative estimate of drug-likeness (QED) is 0.329. The van der Waals surface area contributed by atoms with Crippen LogP contribution >= 0.6 is 0 Å². The second-order valence-electron chi connectivity index (χ2n) is 9.67. The number of aromatic nitrogens is 3. The van der Waals surface area contributed by atoms with Gasteiger partial charge in [-0.1, -0.05) is 19.6 Å². The van der Waals surface area contributed by atoms with Crippen LogP contribution in [-0.2, 0) is 16.3 Å². The number of pyridine rings is 2. The van der Waals surface area contributed by atoms with E-state index in [0.717, 1.165) is 17.0 Å². The third kappa shape index (κ3) is 5.23. The molecule has 3 heterocycles. The Morgan fingerprint density at radius 3 is 2.65 bits per heavy atom. The Morgan fingerprint density at radius 2 is 2.00 bits per heavy atom. The van der Waals surface area contributed by atoms with Gasteiger partial charge < -0.3 is 24.1 Å². The van der Waals surface area contributed by atoms with Crippen LogP contribution in [0.3, 0.4) is 0 Å². The summed E-state index contributed by atoms with van der Waals surface area (Å²) in [5.41, 5.74) is 2.15. The number of hydrogen-bond donors (Lipinski definition) is 1. The average molecular weight is 487 g/mol.